The molecule has 7 nitrogen and oxygen atoms in total. The van der Waals surface area contributed by atoms with Gasteiger partial charge in [-0.3, -0.25) is 0 Å². The van der Waals surface area contributed by atoms with E-state index in [0.717, 1.165) is 0 Å². The number of hydrogen-bond acceptors (Lipinski definition) is 4. The molecule has 24 heavy (non-hydrogen) atoms. The molecule has 0 aliphatic carbocycles. The quantitative estimate of drug-likeness (QED) is 0.891. The third-order valence-electron chi connectivity index (χ3n) is 5.07. The minimum Gasteiger partial charge on any atom is -0.465 e. The number of amides is 1. The van der Waals surface area contributed by atoms with E-state index in [-0.39, 0.29) is 10.9 Å². The van der Waals surface area contributed by atoms with Gasteiger partial charge in [-0.2, -0.15) is 4.31 Å². The second-order valence-electron chi connectivity index (χ2n) is 6.46. The van der Waals surface area contributed by atoms with E-state index in [1.165, 1.54) is 9.21 Å². The highest BCUT2D eigenvalue weighted by Crippen LogP contribution is 2.38. The number of sulfonamides is 1. The number of benzene rings is 1. The van der Waals surface area contributed by atoms with Crippen LogP contribution in [0.1, 0.15) is 19.3 Å². The van der Waals surface area contributed by atoms with Gasteiger partial charge < -0.3 is 14.7 Å². The molecule has 3 rings (SSSR count). The van der Waals surface area contributed by atoms with Gasteiger partial charge in [0, 0.05) is 20.1 Å². The summed E-state index contributed by atoms with van der Waals surface area (Å²) in [4.78, 5) is 12.7. The zero-order chi connectivity index (χ0) is 17.4. The minimum absolute atomic E-state index is 0.230. The molecule has 0 radical (unpaired) electrons. The van der Waals surface area contributed by atoms with Crippen LogP contribution in [0.3, 0.4) is 0 Å². The Balaban J connectivity index is 1.69. The van der Waals surface area contributed by atoms with Crippen molar-refractivity contribution in [2.45, 2.75) is 35.8 Å². The number of carboxylic acid groups (broad SMARTS) is 1. The fraction of sp³-hybridized carbons (Fsp3) is 0.562. The van der Waals surface area contributed by atoms with Gasteiger partial charge in [-0.05, 0) is 31.4 Å². The summed E-state index contributed by atoms with van der Waals surface area (Å²) in [6.07, 6.45) is 0.899. The lowest BCUT2D eigenvalue weighted by molar-refractivity contribution is -0.0396. The molecule has 1 amide bonds. The molecule has 2 heterocycles. The first kappa shape index (κ1) is 17.2. The van der Waals surface area contributed by atoms with Crippen LogP contribution >= 0.6 is 0 Å². The van der Waals surface area contributed by atoms with Gasteiger partial charge in [0.15, 0.2) is 0 Å². The molecule has 0 bridgehead atoms. The van der Waals surface area contributed by atoms with Crippen LogP contribution in [-0.2, 0) is 14.8 Å². The van der Waals surface area contributed by atoms with Crippen molar-refractivity contribution in [3.05, 3.63) is 30.3 Å². The lowest BCUT2D eigenvalue weighted by atomic mass is 9.87. The van der Waals surface area contributed by atoms with Gasteiger partial charge in [0.25, 0.3) is 0 Å². The van der Waals surface area contributed by atoms with Crippen LogP contribution in [0.2, 0.25) is 0 Å². The van der Waals surface area contributed by atoms with Crippen LogP contribution in [0.25, 0.3) is 0 Å². The Morgan fingerprint density at radius 1 is 1.29 bits per heavy atom. The van der Waals surface area contributed by atoms with E-state index in [2.05, 4.69) is 0 Å². The molecule has 0 aromatic heterocycles. The van der Waals surface area contributed by atoms with Crippen molar-refractivity contribution >= 4 is 16.1 Å². The maximum Gasteiger partial charge on any atom is 0.407 e. The number of ether oxygens (including phenoxy) is 1. The zero-order valence-electron chi connectivity index (χ0n) is 13.6. The number of likely N-dealkylation sites (N-methyl/N-ethyl adjacent to an activating group) is 1. The molecule has 1 aromatic rings. The van der Waals surface area contributed by atoms with Crippen molar-refractivity contribution < 1.29 is 23.1 Å². The lowest BCUT2D eigenvalue weighted by Gasteiger charge is -2.37. The van der Waals surface area contributed by atoms with Crippen molar-refractivity contribution in [2.75, 3.05) is 26.7 Å². The average Bonchev–Trinajstić information content (AvgIpc) is 2.99. The lowest BCUT2D eigenvalue weighted by Crippen LogP contribution is -2.46. The number of hydrogen-bond donors (Lipinski definition) is 1. The second-order valence-corrected chi connectivity index (χ2v) is 8.45. The molecule has 8 heteroatoms. The molecule has 1 N–H and O–H groups in total. The molecule has 2 saturated heterocycles. The molecule has 1 aromatic carbocycles. The number of nitrogens with zero attached hydrogens (tertiary/aromatic N) is 2. The zero-order valence-corrected chi connectivity index (χ0v) is 14.4. The minimum atomic E-state index is -3.55. The summed E-state index contributed by atoms with van der Waals surface area (Å²) in [7, 11) is -1.97. The average molecular weight is 354 g/mol. The Bertz CT molecular complexity index is 698. The van der Waals surface area contributed by atoms with Crippen LogP contribution in [0.15, 0.2) is 35.2 Å². The Labute approximate surface area is 141 Å². The number of carbonyl (C=O) groups is 1. The van der Waals surface area contributed by atoms with Crippen molar-refractivity contribution in [1.82, 2.24) is 9.21 Å². The van der Waals surface area contributed by atoms with E-state index in [1.807, 2.05) is 0 Å². The highest BCUT2D eigenvalue weighted by Gasteiger charge is 2.46. The second kappa shape index (κ2) is 6.34. The SMILES string of the molecule is CN([C@H]1COC2(CCN(C(=O)O)CC2)C1)S(=O)(=O)c1ccccc1. The highest BCUT2D eigenvalue weighted by molar-refractivity contribution is 7.89. The summed E-state index contributed by atoms with van der Waals surface area (Å²) in [6.45, 7) is 1.20. The molecular weight excluding hydrogens is 332 g/mol. The summed E-state index contributed by atoms with van der Waals surface area (Å²) < 4.78 is 32.8. The monoisotopic (exact) mass is 354 g/mol. The summed E-state index contributed by atoms with van der Waals surface area (Å²) in [5.74, 6) is 0. The summed E-state index contributed by atoms with van der Waals surface area (Å²) in [6, 6.07) is 8.13. The maximum atomic E-state index is 12.7. The van der Waals surface area contributed by atoms with Gasteiger partial charge in [0.1, 0.15) is 0 Å². The van der Waals surface area contributed by atoms with Crippen LogP contribution in [0.5, 0.6) is 0 Å². The van der Waals surface area contributed by atoms with E-state index in [0.29, 0.717) is 39.0 Å². The topological polar surface area (TPSA) is 87.2 Å². The molecule has 132 valence electrons. The molecule has 0 unspecified atom stereocenters. The normalized spacial score (nSPS) is 23.8. The van der Waals surface area contributed by atoms with Crippen molar-refractivity contribution in [3.63, 3.8) is 0 Å². The first-order valence-electron chi connectivity index (χ1n) is 7.99. The Hall–Kier alpha value is -1.64. The van der Waals surface area contributed by atoms with E-state index in [1.54, 1.807) is 37.4 Å². The van der Waals surface area contributed by atoms with Crippen molar-refractivity contribution in [3.8, 4) is 0 Å². The van der Waals surface area contributed by atoms with E-state index in [9.17, 15) is 13.2 Å². The number of rotatable bonds is 3. The predicted molar refractivity (Wildman–Crippen MR) is 87.3 cm³/mol. The first-order chi connectivity index (χ1) is 11.3. The molecule has 1 spiro atoms. The summed E-state index contributed by atoms with van der Waals surface area (Å²) in [5.41, 5.74) is -0.406. The summed E-state index contributed by atoms with van der Waals surface area (Å²) in [5, 5.41) is 9.04. The van der Waals surface area contributed by atoms with Crippen molar-refractivity contribution in [1.29, 1.82) is 0 Å². The predicted octanol–water partition coefficient (Wildman–Crippen LogP) is 1.61. The fourth-order valence-corrected chi connectivity index (χ4v) is 4.82. The standard InChI is InChI=1S/C16H22N2O5S/c1-17(24(21,22)14-5-3-2-4-6-14)13-11-16(23-12-13)7-9-18(10-8-16)15(19)20/h2-6,13H,7-12H2,1H3,(H,19,20)/t13-/m1/s1. The molecule has 2 aliphatic rings. The Morgan fingerprint density at radius 3 is 2.50 bits per heavy atom. The number of likely N-dealkylation sites (tertiary alicyclic amines) is 1. The van der Waals surface area contributed by atoms with Gasteiger partial charge in [0.05, 0.1) is 23.1 Å². The molecule has 2 fully saturated rings. The van der Waals surface area contributed by atoms with Crippen LogP contribution in [0.4, 0.5) is 4.79 Å². The third kappa shape index (κ3) is 3.13. The van der Waals surface area contributed by atoms with Gasteiger partial charge in [0.2, 0.25) is 10.0 Å². The Morgan fingerprint density at radius 2 is 1.92 bits per heavy atom. The molecular formula is C16H22N2O5S. The van der Waals surface area contributed by atoms with E-state index < -0.39 is 21.7 Å². The van der Waals surface area contributed by atoms with Crippen LogP contribution in [0, 0.1) is 0 Å². The highest BCUT2D eigenvalue weighted by atomic mass is 32.2. The molecule has 1 atom stereocenters. The Kier molecular flexibility index (Phi) is 4.54. The number of piperidine rings is 1. The van der Waals surface area contributed by atoms with Crippen molar-refractivity contribution in [2.24, 2.45) is 0 Å². The van der Waals surface area contributed by atoms with Gasteiger partial charge >= 0.3 is 6.09 Å². The van der Waals surface area contributed by atoms with Gasteiger partial charge in [-0.15, -0.1) is 0 Å². The third-order valence-corrected chi connectivity index (χ3v) is 6.99. The van der Waals surface area contributed by atoms with Crippen LogP contribution < -0.4 is 0 Å². The van der Waals surface area contributed by atoms with E-state index >= 15 is 0 Å². The smallest absolute Gasteiger partial charge is 0.407 e. The van der Waals surface area contributed by atoms with E-state index in [4.69, 9.17) is 9.84 Å². The maximum absolute atomic E-state index is 12.7. The van der Waals surface area contributed by atoms with Gasteiger partial charge in [-0.1, -0.05) is 18.2 Å². The van der Waals surface area contributed by atoms with Gasteiger partial charge in [-0.25, -0.2) is 13.2 Å². The van der Waals surface area contributed by atoms with Crippen LogP contribution in [-0.4, -0.2) is 67.2 Å². The fourth-order valence-electron chi connectivity index (χ4n) is 3.46. The first-order valence-corrected chi connectivity index (χ1v) is 9.43. The summed E-state index contributed by atoms with van der Waals surface area (Å²) >= 11 is 0. The molecule has 0 saturated carbocycles. The molecule has 2 aliphatic heterocycles. The largest absolute Gasteiger partial charge is 0.465 e.